The third-order valence-corrected chi connectivity index (χ3v) is 7.16. The lowest BCUT2D eigenvalue weighted by molar-refractivity contribution is -0.136. The van der Waals surface area contributed by atoms with Crippen molar-refractivity contribution in [3.05, 3.63) is 88.0 Å². The molecule has 0 bridgehead atoms. The molecule has 1 unspecified atom stereocenters. The highest BCUT2D eigenvalue weighted by molar-refractivity contribution is 5.84. The summed E-state index contributed by atoms with van der Waals surface area (Å²) in [4.78, 5) is 28.8. The first-order chi connectivity index (χ1) is 16.9. The van der Waals surface area contributed by atoms with Crippen LogP contribution in [-0.2, 0) is 11.2 Å². The van der Waals surface area contributed by atoms with Crippen molar-refractivity contribution in [1.82, 2.24) is 24.5 Å². The number of para-hydroxylation sites is 1. The Morgan fingerprint density at radius 3 is 2.26 bits per heavy atom. The van der Waals surface area contributed by atoms with Gasteiger partial charge in [-0.1, -0.05) is 48.5 Å². The molecule has 7 nitrogen and oxygen atoms in total. The molecular formula is C28H31N5O2. The molecule has 2 aromatic heterocycles. The third kappa shape index (κ3) is 4.38. The number of carbonyl (C=O) groups excluding carboxylic acids is 1. The van der Waals surface area contributed by atoms with Crippen LogP contribution in [0.1, 0.15) is 42.8 Å². The maximum atomic E-state index is 13.5. The Morgan fingerprint density at radius 2 is 1.60 bits per heavy atom. The van der Waals surface area contributed by atoms with Crippen LogP contribution in [0.5, 0.6) is 0 Å². The number of amides is 1. The van der Waals surface area contributed by atoms with Crippen LogP contribution in [0, 0.1) is 19.8 Å². The number of nitrogens with zero attached hydrogens (tertiary/aromatic N) is 5. The molecule has 0 spiro atoms. The predicted molar refractivity (Wildman–Crippen MR) is 137 cm³/mol. The molecule has 0 N–H and O–H groups in total. The SMILES string of the molecule is Cc1nn(C(C)C(=O)N2CCC(Cc3ccccc3)CC2)c(=O)c2c(C)n(-c3ccccc3)nc12. The average Bonchev–Trinajstić information content (AvgIpc) is 3.25. The van der Waals surface area contributed by atoms with Crippen LogP contribution in [0.4, 0.5) is 0 Å². The molecule has 7 heteroatoms. The van der Waals surface area contributed by atoms with E-state index in [4.69, 9.17) is 0 Å². The zero-order valence-corrected chi connectivity index (χ0v) is 20.5. The monoisotopic (exact) mass is 469 g/mol. The second-order valence-corrected chi connectivity index (χ2v) is 9.53. The smallest absolute Gasteiger partial charge is 0.278 e. The number of hydrogen-bond donors (Lipinski definition) is 0. The van der Waals surface area contributed by atoms with Crippen molar-refractivity contribution in [2.45, 2.75) is 46.1 Å². The van der Waals surface area contributed by atoms with E-state index in [9.17, 15) is 9.59 Å². The van der Waals surface area contributed by atoms with Crippen molar-refractivity contribution < 1.29 is 4.79 Å². The van der Waals surface area contributed by atoms with E-state index in [0.29, 0.717) is 35.6 Å². The summed E-state index contributed by atoms with van der Waals surface area (Å²) in [6.45, 7) is 6.92. The molecule has 5 rings (SSSR count). The van der Waals surface area contributed by atoms with E-state index in [2.05, 4.69) is 34.5 Å². The first-order valence-corrected chi connectivity index (χ1v) is 12.3. The zero-order chi connectivity index (χ0) is 24.5. The number of aryl methyl sites for hydroxylation is 2. The predicted octanol–water partition coefficient (Wildman–Crippen LogP) is 4.24. The van der Waals surface area contributed by atoms with Crippen LogP contribution in [0.15, 0.2) is 65.5 Å². The van der Waals surface area contributed by atoms with Gasteiger partial charge >= 0.3 is 0 Å². The lowest BCUT2D eigenvalue weighted by Gasteiger charge is -2.33. The van der Waals surface area contributed by atoms with Gasteiger partial charge in [-0.2, -0.15) is 10.2 Å². The minimum absolute atomic E-state index is 0.0513. The molecule has 35 heavy (non-hydrogen) atoms. The molecule has 1 saturated heterocycles. The van der Waals surface area contributed by atoms with Gasteiger partial charge in [0.1, 0.15) is 11.6 Å². The van der Waals surface area contributed by atoms with Gasteiger partial charge in [0.15, 0.2) is 0 Å². The molecule has 1 aliphatic heterocycles. The molecule has 1 atom stereocenters. The summed E-state index contributed by atoms with van der Waals surface area (Å²) < 4.78 is 3.12. The number of benzene rings is 2. The number of fused-ring (bicyclic) bond motifs is 1. The molecule has 1 amide bonds. The highest BCUT2D eigenvalue weighted by Crippen LogP contribution is 2.24. The summed E-state index contributed by atoms with van der Waals surface area (Å²) in [5.41, 5.74) is 3.92. The van der Waals surface area contributed by atoms with Crippen molar-refractivity contribution in [3.63, 3.8) is 0 Å². The number of hydrogen-bond acceptors (Lipinski definition) is 4. The van der Waals surface area contributed by atoms with Gasteiger partial charge in [0.05, 0.1) is 22.5 Å². The van der Waals surface area contributed by atoms with Crippen LogP contribution in [0.2, 0.25) is 0 Å². The van der Waals surface area contributed by atoms with E-state index in [-0.39, 0.29) is 11.5 Å². The highest BCUT2D eigenvalue weighted by atomic mass is 16.2. The van der Waals surface area contributed by atoms with Gasteiger partial charge in [0.2, 0.25) is 5.91 Å². The van der Waals surface area contributed by atoms with Crippen LogP contribution in [-0.4, -0.2) is 43.5 Å². The molecule has 2 aromatic carbocycles. The standard InChI is InChI=1S/C28H31N5O2/c1-19-26-25(20(2)32(30-26)24-12-8-5-9-13-24)28(35)33(29-19)21(3)27(34)31-16-14-23(15-17-31)18-22-10-6-4-7-11-22/h4-13,21,23H,14-18H2,1-3H3. The van der Waals surface area contributed by atoms with Gasteiger partial charge in [-0.25, -0.2) is 9.36 Å². The Labute approximate surface area is 205 Å². The minimum atomic E-state index is -0.671. The summed E-state index contributed by atoms with van der Waals surface area (Å²) in [7, 11) is 0. The number of rotatable bonds is 5. The fourth-order valence-corrected chi connectivity index (χ4v) is 5.14. The second-order valence-electron chi connectivity index (χ2n) is 9.53. The Morgan fingerprint density at radius 1 is 0.971 bits per heavy atom. The van der Waals surface area contributed by atoms with E-state index in [0.717, 1.165) is 30.6 Å². The maximum absolute atomic E-state index is 13.5. The largest absolute Gasteiger partial charge is 0.341 e. The summed E-state index contributed by atoms with van der Waals surface area (Å²) >= 11 is 0. The normalized spacial score (nSPS) is 15.5. The highest BCUT2D eigenvalue weighted by Gasteiger charge is 2.29. The molecule has 0 radical (unpaired) electrons. The molecule has 4 aromatic rings. The van der Waals surface area contributed by atoms with E-state index < -0.39 is 6.04 Å². The summed E-state index contributed by atoms with van der Waals surface area (Å²) in [6.07, 6.45) is 2.98. The minimum Gasteiger partial charge on any atom is -0.341 e. The average molecular weight is 470 g/mol. The summed E-state index contributed by atoms with van der Waals surface area (Å²) in [6, 6.07) is 19.6. The Hall–Kier alpha value is -3.74. The second kappa shape index (κ2) is 9.49. The van der Waals surface area contributed by atoms with Crippen molar-refractivity contribution in [1.29, 1.82) is 0 Å². The quantitative estimate of drug-likeness (QED) is 0.438. The first-order valence-electron chi connectivity index (χ1n) is 12.3. The van der Waals surface area contributed by atoms with Crippen molar-refractivity contribution in [3.8, 4) is 5.69 Å². The van der Waals surface area contributed by atoms with Crippen molar-refractivity contribution >= 4 is 16.8 Å². The molecular weight excluding hydrogens is 438 g/mol. The van der Waals surface area contributed by atoms with Gasteiger partial charge < -0.3 is 4.90 Å². The Kier molecular flexibility index (Phi) is 6.24. The number of piperidine rings is 1. The first kappa shape index (κ1) is 23.0. The van der Waals surface area contributed by atoms with E-state index in [1.165, 1.54) is 10.2 Å². The zero-order valence-electron chi connectivity index (χ0n) is 20.5. The van der Waals surface area contributed by atoms with Crippen molar-refractivity contribution in [2.24, 2.45) is 5.92 Å². The molecule has 1 aliphatic rings. The molecule has 3 heterocycles. The molecule has 1 fully saturated rings. The van der Waals surface area contributed by atoms with Crippen LogP contribution < -0.4 is 5.56 Å². The van der Waals surface area contributed by atoms with Gasteiger partial charge in [-0.05, 0) is 63.6 Å². The number of aromatic nitrogens is 4. The van der Waals surface area contributed by atoms with E-state index in [1.807, 2.05) is 55.1 Å². The summed E-state index contributed by atoms with van der Waals surface area (Å²) in [5.74, 6) is 0.521. The maximum Gasteiger partial charge on any atom is 0.278 e. The lowest BCUT2D eigenvalue weighted by atomic mass is 9.90. The van der Waals surface area contributed by atoms with Gasteiger partial charge in [-0.15, -0.1) is 0 Å². The Balaban J connectivity index is 1.36. The van der Waals surface area contributed by atoms with Crippen LogP contribution in [0.3, 0.4) is 0 Å². The van der Waals surface area contributed by atoms with Gasteiger partial charge in [0.25, 0.3) is 5.56 Å². The van der Waals surface area contributed by atoms with Gasteiger partial charge in [-0.3, -0.25) is 9.59 Å². The lowest BCUT2D eigenvalue weighted by Crippen LogP contribution is -2.44. The number of likely N-dealkylation sites (tertiary alicyclic amines) is 1. The van der Waals surface area contributed by atoms with E-state index >= 15 is 0 Å². The fourth-order valence-electron chi connectivity index (χ4n) is 5.14. The van der Waals surface area contributed by atoms with Crippen LogP contribution in [0.25, 0.3) is 16.6 Å². The molecule has 0 aliphatic carbocycles. The Bertz CT molecular complexity index is 1400. The third-order valence-electron chi connectivity index (χ3n) is 7.16. The number of carbonyl (C=O) groups is 1. The topological polar surface area (TPSA) is 73.0 Å². The van der Waals surface area contributed by atoms with Crippen molar-refractivity contribution in [2.75, 3.05) is 13.1 Å². The molecule has 180 valence electrons. The summed E-state index contributed by atoms with van der Waals surface area (Å²) in [5, 5.41) is 9.70. The fraction of sp³-hybridized carbons (Fsp3) is 0.357. The van der Waals surface area contributed by atoms with Gasteiger partial charge in [0, 0.05) is 13.1 Å². The molecule has 0 saturated carbocycles. The van der Waals surface area contributed by atoms with Crippen LogP contribution >= 0.6 is 0 Å². The van der Waals surface area contributed by atoms with E-state index in [1.54, 1.807) is 11.6 Å².